The van der Waals surface area contributed by atoms with Crippen LogP contribution in [0.1, 0.15) is 6.92 Å². The fraction of sp³-hybridized carbons (Fsp3) is 1.00. The van der Waals surface area contributed by atoms with Gasteiger partial charge in [-0.15, -0.1) is 0 Å². The number of rotatable bonds is 2. The fourth-order valence-corrected chi connectivity index (χ4v) is 0.139. The molecule has 0 aliphatic rings. The molecule has 0 aromatic heterocycles. The van der Waals surface area contributed by atoms with Crippen molar-refractivity contribution in [2.75, 3.05) is 6.61 Å². The molecule has 2 N–H and O–H groups in total. The first-order valence-electron chi connectivity index (χ1n) is 2.12. The summed E-state index contributed by atoms with van der Waals surface area (Å²) in [6, 6.07) is 0. The maximum atomic E-state index is 9.66. The average Bonchev–Trinajstić information content (AvgIpc) is 1.65. The minimum absolute atomic E-state index is 0.627. The molecule has 7 heavy (non-hydrogen) atoms. The molecule has 43 valence electrons. The van der Waals surface area contributed by atoms with Crippen LogP contribution >= 0.6 is 0 Å². The summed E-state index contributed by atoms with van der Waals surface area (Å²) in [4.78, 5) is 0. The Bertz CT molecular complexity index is 44.2. The van der Waals surface area contributed by atoms with Crippen molar-refractivity contribution in [3.05, 3.63) is 0 Å². The number of aliphatic hydroxyl groups excluding tert-OH is 2. The normalized spacial score (nSPS) is 18.9. The Morgan fingerprint density at radius 1 is 1.57 bits per heavy atom. The van der Waals surface area contributed by atoms with E-state index >= 15 is 0 Å². The van der Waals surface area contributed by atoms with Gasteiger partial charge in [0, 0.05) is 0 Å². The Balaban J connectivity index is 3.14. The quantitative estimate of drug-likeness (QED) is 0.481. The Morgan fingerprint density at radius 3 is 2.00 bits per heavy atom. The number of aliphatic hydroxyl groups is 2. The zero-order valence-electron chi connectivity index (χ0n) is 4.16. The molecule has 0 bridgehead atoms. The lowest BCUT2D eigenvalue weighted by Gasteiger charge is -2.06. The van der Waals surface area contributed by atoms with Gasteiger partial charge in [-0.2, -0.15) is 0 Å². The molecule has 0 unspecified atom stereocenters. The van der Waals surface area contributed by atoms with Crippen LogP contribution in [-0.4, -0.2) is 29.0 Å². The van der Waals surface area contributed by atoms with Crippen LogP contribution in [0.3, 0.4) is 0 Å². The van der Waals surface area contributed by atoms with E-state index in [1.807, 2.05) is 0 Å². The molecule has 2 atom stereocenters. The molecule has 1 radical (unpaired) electrons. The molecule has 0 aromatic carbocycles. The molecule has 0 saturated heterocycles. The van der Waals surface area contributed by atoms with Crippen molar-refractivity contribution in [2.45, 2.75) is 19.1 Å². The molecule has 0 aliphatic heterocycles. The van der Waals surface area contributed by atoms with Crippen molar-refractivity contribution in [1.29, 1.82) is 0 Å². The Kier molecular flexibility index (Phi) is 2.91. The highest BCUT2D eigenvalue weighted by molar-refractivity contribution is 4.57. The molecular weight excluding hydrogens is 96.0 g/mol. The van der Waals surface area contributed by atoms with Crippen LogP contribution in [0.2, 0.25) is 0 Å². The van der Waals surface area contributed by atoms with Gasteiger partial charge in [-0.25, -0.2) is 5.11 Å². The zero-order valence-corrected chi connectivity index (χ0v) is 4.16. The van der Waals surface area contributed by atoms with Gasteiger partial charge in [-0.1, -0.05) is 0 Å². The minimum atomic E-state index is -1.10. The van der Waals surface area contributed by atoms with E-state index in [0.717, 1.165) is 0 Å². The first-order chi connectivity index (χ1) is 3.18. The van der Waals surface area contributed by atoms with Gasteiger partial charge < -0.3 is 10.2 Å². The van der Waals surface area contributed by atoms with E-state index in [9.17, 15) is 5.11 Å². The van der Waals surface area contributed by atoms with Gasteiger partial charge in [0.2, 0.25) is 0 Å². The van der Waals surface area contributed by atoms with Gasteiger partial charge in [0.25, 0.3) is 0 Å². The standard InChI is InChI=1S/C4H9O3/c1-3(6)4(7)2-5/h3-4,6-7H,2H2,1H3/t3-,4-/m0/s1. The lowest BCUT2D eigenvalue weighted by atomic mass is 10.2. The van der Waals surface area contributed by atoms with Crippen LogP contribution in [0.15, 0.2) is 0 Å². The molecule has 0 spiro atoms. The van der Waals surface area contributed by atoms with Crippen molar-refractivity contribution in [1.82, 2.24) is 0 Å². The van der Waals surface area contributed by atoms with E-state index in [0.29, 0.717) is 0 Å². The van der Waals surface area contributed by atoms with Crippen molar-refractivity contribution < 1.29 is 15.3 Å². The summed E-state index contributed by atoms with van der Waals surface area (Å²) in [5.74, 6) is 0. The van der Waals surface area contributed by atoms with Crippen LogP contribution in [0.25, 0.3) is 0 Å². The summed E-state index contributed by atoms with van der Waals surface area (Å²) >= 11 is 0. The molecule has 3 nitrogen and oxygen atoms in total. The fourth-order valence-electron chi connectivity index (χ4n) is 0.139. The minimum Gasteiger partial charge on any atom is -0.391 e. The number of hydrogen-bond acceptors (Lipinski definition) is 2. The highest BCUT2D eigenvalue weighted by Crippen LogP contribution is 1.87. The summed E-state index contributed by atoms with van der Waals surface area (Å²) in [6.07, 6.45) is -1.99. The Hall–Kier alpha value is -0.120. The average molecular weight is 105 g/mol. The molecule has 0 fully saturated rings. The molecule has 3 heteroatoms. The topological polar surface area (TPSA) is 60.4 Å². The van der Waals surface area contributed by atoms with Crippen LogP contribution < -0.4 is 0 Å². The van der Waals surface area contributed by atoms with Crippen LogP contribution in [-0.2, 0) is 5.11 Å². The monoisotopic (exact) mass is 105 g/mol. The van der Waals surface area contributed by atoms with Crippen molar-refractivity contribution in [2.24, 2.45) is 0 Å². The molecule has 0 heterocycles. The molecule has 0 aliphatic carbocycles. The summed E-state index contributed by atoms with van der Waals surface area (Å²) in [6.45, 7) is 0.750. The maximum Gasteiger partial charge on any atom is 0.111 e. The van der Waals surface area contributed by atoms with E-state index in [1.165, 1.54) is 6.92 Å². The second kappa shape index (κ2) is 2.96. The lowest BCUT2D eigenvalue weighted by molar-refractivity contribution is -0.0237. The highest BCUT2D eigenvalue weighted by Gasteiger charge is 2.07. The lowest BCUT2D eigenvalue weighted by Crippen LogP contribution is -2.25. The predicted octanol–water partition coefficient (Wildman–Crippen LogP) is -0.841. The summed E-state index contributed by atoms with van der Waals surface area (Å²) in [7, 11) is 0. The third-order valence-electron chi connectivity index (χ3n) is 0.728. The molecular formula is C4H9O3. The van der Waals surface area contributed by atoms with Gasteiger partial charge in [0.1, 0.15) is 12.7 Å². The second-order valence-electron chi connectivity index (χ2n) is 1.47. The summed E-state index contributed by atoms with van der Waals surface area (Å²) < 4.78 is 0. The molecule has 0 rings (SSSR count). The zero-order chi connectivity index (χ0) is 5.86. The van der Waals surface area contributed by atoms with E-state index in [2.05, 4.69) is 0 Å². The SMILES string of the molecule is C[C@H](O)[C@@H](O)C[O]. The van der Waals surface area contributed by atoms with E-state index in [-0.39, 0.29) is 0 Å². The second-order valence-corrected chi connectivity index (χ2v) is 1.47. The van der Waals surface area contributed by atoms with Crippen molar-refractivity contribution in [3.63, 3.8) is 0 Å². The molecule has 0 amide bonds. The van der Waals surface area contributed by atoms with E-state index < -0.39 is 18.8 Å². The van der Waals surface area contributed by atoms with Gasteiger partial charge in [0.15, 0.2) is 0 Å². The highest BCUT2D eigenvalue weighted by atomic mass is 16.4. The first-order valence-corrected chi connectivity index (χ1v) is 2.12. The molecule has 0 aromatic rings. The Morgan fingerprint density at radius 2 is 2.00 bits per heavy atom. The summed E-state index contributed by atoms with van der Waals surface area (Å²) in [5, 5.41) is 26.4. The Labute approximate surface area is 42.2 Å². The molecule has 0 saturated carbocycles. The van der Waals surface area contributed by atoms with Gasteiger partial charge in [0.05, 0.1) is 6.10 Å². The number of hydrogen-bond donors (Lipinski definition) is 2. The van der Waals surface area contributed by atoms with Gasteiger partial charge >= 0.3 is 0 Å². The summed E-state index contributed by atoms with van der Waals surface area (Å²) in [5.41, 5.74) is 0. The third-order valence-corrected chi connectivity index (χ3v) is 0.728. The van der Waals surface area contributed by atoms with Crippen LogP contribution in [0.5, 0.6) is 0 Å². The predicted molar refractivity (Wildman–Crippen MR) is 23.2 cm³/mol. The van der Waals surface area contributed by atoms with Crippen LogP contribution in [0.4, 0.5) is 0 Å². The van der Waals surface area contributed by atoms with Crippen molar-refractivity contribution >= 4 is 0 Å². The maximum absolute atomic E-state index is 9.66. The third kappa shape index (κ3) is 2.56. The smallest absolute Gasteiger partial charge is 0.111 e. The first kappa shape index (κ1) is 6.88. The van der Waals surface area contributed by atoms with Gasteiger partial charge in [-0.3, -0.25) is 0 Å². The van der Waals surface area contributed by atoms with Crippen molar-refractivity contribution in [3.8, 4) is 0 Å². The van der Waals surface area contributed by atoms with Gasteiger partial charge in [-0.05, 0) is 6.92 Å². The van der Waals surface area contributed by atoms with Crippen LogP contribution in [0, 0.1) is 0 Å². The largest absolute Gasteiger partial charge is 0.391 e. The van der Waals surface area contributed by atoms with E-state index in [4.69, 9.17) is 10.2 Å². The van der Waals surface area contributed by atoms with E-state index in [1.54, 1.807) is 0 Å².